The maximum Gasteiger partial charge on any atom is 0.240 e. The smallest absolute Gasteiger partial charge is 0.240 e. The van der Waals surface area contributed by atoms with Gasteiger partial charge in [-0.3, -0.25) is 9.59 Å². The molecule has 25 heavy (non-hydrogen) atoms. The van der Waals surface area contributed by atoms with Crippen LogP contribution in [-0.4, -0.2) is 49.8 Å². The van der Waals surface area contributed by atoms with Crippen LogP contribution in [0.15, 0.2) is 29.2 Å². The van der Waals surface area contributed by atoms with Gasteiger partial charge in [0.25, 0.3) is 0 Å². The van der Waals surface area contributed by atoms with Gasteiger partial charge < -0.3 is 15.1 Å². The predicted octanol–water partition coefficient (Wildman–Crippen LogP) is 1.09. The van der Waals surface area contributed by atoms with Crippen LogP contribution in [0.4, 0.5) is 5.69 Å². The SMILES string of the molecule is C[C@@H]1CCCC[NH+]1CCCNC(=O)CN1C(=O)CSc2ccccc21. The summed E-state index contributed by atoms with van der Waals surface area (Å²) in [5.74, 6) is 0.336. The number of carbonyl (C=O) groups excluding carboxylic acids is 2. The van der Waals surface area contributed by atoms with Gasteiger partial charge in [-0.15, -0.1) is 11.8 Å². The van der Waals surface area contributed by atoms with E-state index in [0.29, 0.717) is 12.3 Å². The molecule has 1 unspecified atom stereocenters. The molecule has 1 aromatic rings. The molecule has 2 atom stereocenters. The number of hydrogen-bond donors (Lipinski definition) is 2. The van der Waals surface area contributed by atoms with Gasteiger partial charge in [0.2, 0.25) is 11.8 Å². The van der Waals surface area contributed by atoms with Gasteiger partial charge in [-0.2, -0.15) is 0 Å². The van der Waals surface area contributed by atoms with E-state index in [1.165, 1.54) is 37.6 Å². The molecule has 2 heterocycles. The number of likely N-dealkylation sites (tertiary alicyclic amines) is 1. The number of quaternary nitrogens is 1. The first-order valence-electron chi connectivity index (χ1n) is 9.28. The van der Waals surface area contributed by atoms with Crippen molar-refractivity contribution >= 4 is 29.3 Å². The molecule has 2 N–H and O–H groups in total. The van der Waals surface area contributed by atoms with Crippen LogP contribution in [-0.2, 0) is 9.59 Å². The van der Waals surface area contributed by atoms with E-state index in [0.717, 1.165) is 29.6 Å². The topological polar surface area (TPSA) is 53.9 Å². The Morgan fingerprint density at radius 2 is 2.20 bits per heavy atom. The molecule has 2 aliphatic heterocycles. The van der Waals surface area contributed by atoms with Crippen LogP contribution in [0, 0.1) is 0 Å². The van der Waals surface area contributed by atoms with Crippen molar-refractivity contribution in [3.63, 3.8) is 0 Å². The molecule has 5 nitrogen and oxygen atoms in total. The average Bonchev–Trinajstić information content (AvgIpc) is 2.62. The van der Waals surface area contributed by atoms with E-state index in [9.17, 15) is 9.59 Å². The van der Waals surface area contributed by atoms with Crippen molar-refractivity contribution in [3.05, 3.63) is 24.3 Å². The van der Waals surface area contributed by atoms with E-state index in [2.05, 4.69) is 12.2 Å². The Bertz CT molecular complexity index is 622. The van der Waals surface area contributed by atoms with Crippen LogP contribution in [0.2, 0.25) is 0 Å². The Morgan fingerprint density at radius 1 is 1.36 bits per heavy atom. The number of fused-ring (bicyclic) bond motifs is 1. The third kappa shape index (κ3) is 4.76. The number of piperidine rings is 1. The summed E-state index contributed by atoms with van der Waals surface area (Å²) >= 11 is 1.54. The molecule has 0 radical (unpaired) electrons. The van der Waals surface area contributed by atoms with Gasteiger partial charge in [-0.25, -0.2) is 0 Å². The molecule has 2 aliphatic rings. The molecule has 1 saturated heterocycles. The third-order valence-electron chi connectivity index (χ3n) is 5.19. The number of nitrogens with zero attached hydrogens (tertiary/aromatic N) is 1. The molecule has 136 valence electrons. The Labute approximate surface area is 154 Å². The minimum atomic E-state index is -0.0725. The van der Waals surface area contributed by atoms with Crippen LogP contribution in [0.25, 0.3) is 0 Å². The summed E-state index contributed by atoms with van der Waals surface area (Å²) in [5, 5.41) is 2.98. The van der Waals surface area contributed by atoms with E-state index in [4.69, 9.17) is 0 Å². The summed E-state index contributed by atoms with van der Waals surface area (Å²) < 4.78 is 0. The fourth-order valence-corrected chi connectivity index (χ4v) is 4.63. The summed E-state index contributed by atoms with van der Waals surface area (Å²) in [6.45, 7) is 5.50. The van der Waals surface area contributed by atoms with Crippen LogP contribution in [0.5, 0.6) is 0 Å². The molecular weight excluding hydrogens is 334 g/mol. The maximum absolute atomic E-state index is 12.3. The van der Waals surface area contributed by atoms with Crippen molar-refractivity contribution in [2.45, 2.75) is 43.5 Å². The lowest BCUT2D eigenvalue weighted by atomic mass is 10.0. The number of rotatable bonds is 6. The molecule has 1 aromatic carbocycles. The number of benzene rings is 1. The third-order valence-corrected chi connectivity index (χ3v) is 6.24. The molecule has 6 heteroatoms. The summed E-state index contributed by atoms with van der Waals surface area (Å²) in [5.41, 5.74) is 0.852. The number of anilines is 1. The minimum Gasteiger partial charge on any atom is -0.354 e. The highest BCUT2D eigenvalue weighted by Gasteiger charge is 2.26. The zero-order chi connectivity index (χ0) is 17.6. The summed E-state index contributed by atoms with van der Waals surface area (Å²) in [6, 6.07) is 8.52. The molecular formula is C19H28N3O2S+. The number of carbonyl (C=O) groups is 2. The van der Waals surface area contributed by atoms with Crippen molar-refractivity contribution in [2.24, 2.45) is 0 Å². The maximum atomic E-state index is 12.3. The fourth-order valence-electron chi connectivity index (χ4n) is 3.69. The molecule has 0 bridgehead atoms. The first kappa shape index (κ1) is 18.3. The largest absolute Gasteiger partial charge is 0.354 e. The van der Waals surface area contributed by atoms with Crippen LogP contribution >= 0.6 is 11.8 Å². The first-order chi connectivity index (χ1) is 12.1. The Kier molecular flexibility index (Phi) is 6.37. The zero-order valence-corrected chi connectivity index (χ0v) is 15.7. The summed E-state index contributed by atoms with van der Waals surface area (Å²) in [6.07, 6.45) is 4.98. The van der Waals surface area contributed by atoms with Crippen molar-refractivity contribution < 1.29 is 14.5 Å². The van der Waals surface area contributed by atoms with Crippen molar-refractivity contribution in [1.82, 2.24) is 5.32 Å². The second-order valence-electron chi connectivity index (χ2n) is 6.99. The molecule has 0 aromatic heterocycles. The standard InChI is InChI=1S/C19H27N3O2S/c1-15-7-4-5-11-21(15)12-6-10-20-18(23)13-22-16-8-2-3-9-17(16)25-14-19(22)24/h2-3,8-9,15H,4-7,10-14H2,1H3,(H,20,23)/p+1/t15-/m1/s1. The highest BCUT2D eigenvalue weighted by molar-refractivity contribution is 8.00. The molecule has 2 amide bonds. The van der Waals surface area contributed by atoms with E-state index < -0.39 is 0 Å². The number of nitrogens with one attached hydrogen (secondary N) is 2. The lowest BCUT2D eigenvalue weighted by molar-refractivity contribution is -0.928. The highest BCUT2D eigenvalue weighted by atomic mass is 32.2. The summed E-state index contributed by atoms with van der Waals surface area (Å²) in [4.78, 5) is 28.8. The van der Waals surface area contributed by atoms with E-state index >= 15 is 0 Å². The van der Waals surface area contributed by atoms with E-state index in [1.54, 1.807) is 9.80 Å². The van der Waals surface area contributed by atoms with Gasteiger partial charge in [0.15, 0.2) is 0 Å². The Hall–Kier alpha value is -1.53. The van der Waals surface area contributed by atoms with Crippen LogP contribution < -0.4 is 15.1 Å². The first-order valence-corrected chi connectivity index (χ1v) is 10.3. The fraction of sp³-hybridized carbons (Fsp3) is 0.579. The molecule has 0 spiro atoms. The number of hydrogen-bond acceptors (Lipinski definition) is 3. The normalized spacial score (nSPS) is 23.2. The Balaban J connectivity index is 1.44. The summed E-state index contributed by atoms with van der Waals surface area (Å²) in [7, 11) is 0. The van der Waals surface area contributed by atoms with Gasteiger partial charge in [-0.1, -0.05) is 12.1 Å². The van der Waals surface area contributed by atoms with Gasteiger partial charge in [0.1, 0.15) is 6.54 Å². The predicted molar refractivity (Wildman–Crippen MR) is 101 cm³/mol. The van der Waals surface area contributed by atoms with Crippen molar-refractivity contribution in [2.75, 3.05) is 36.8 Å². The number of amides is 2. The lowest BCUT2D eigenvalue weighted by Crippen LogP contribution is -3.16. The van der Waals surface area contributed by atoms with Gasteiger partial charge in [0, 0.05) is 17.9 Å². The zero-order valence-electron chi connectivity index (χ0n) is 14.9. The average molecular weight is 363 g/mol. The number of para-hydroxylation sites is 1. The van der Waals surface area contributed by atoms with Gasteiger partial charge in [-0.05, 0) is 38.3 Å². The number of thioether (sulfide) groups is 1. The van der Waals surface area contributed by atoms with Gasteiger partial charge >= 0.3 is 0 Å². The van der Waals surface area contributed by atoms with Crippen molar-refractivity contribution in [1.29, 1.82) is 0 Å². The van der Waals surface area contributed by atoms with E-state index in [-0.39, 0.29) is 18.4 Å². The molecule has 0 aliphatic carbocycles. The van der Waals surface area contributed by atoms with Crippen molar-refractivity contribution in [3.8, 4) is 0 Å². The second-order valence-corrected chi connectivity index (χ2v) is 8.01. The van der Waals surface area contributed by atoms with Gasteiger partial charge in [0.05, 0.1) is 30.6 Å². The van der Waals surface area contributed by atoms with Crippen LogP contribution in [0.1, 0.15) is 32.6 Å². The monoisotopic (exact) mass is 362 g/mol. The Morgan fingerprint density at radius 3 is 3.04 bits per heavy atom. The quantitative estimate of drug-likeness (QED) is 0.745. The lowest BCUT2D eigenvalue weighted by Gasteiger charge is -2.30. The van der Waals surface area contributed by atoms with E-state index in [1.807, 2.05) is 24.3 Å². The minimum absolute atomic E-state index is 0.00503. The van der Waals surface area contributed by atoms with Crippen LogP contribution in [0.3, 0.4) is 0 Å². The molecule has 3 rings (SSSR count). The molecule has 0 saturated carbocycles. The highest BCUT2D eigenvalue weighted by Crippen LogP contribution is 2.34. The second kappa shape index (κ2) is 8.72. The molecule has 1 fully saturated rings.